The SMILES string of the molecule is C=CCC[C@@H]1C[C@@H](CN2C(=O)c3ccccc3C2=O)N(CCCc2ccccc2)C1=O. The van der Waals surface area contributed by atoms with Gasteiger partial charge in [-0.05, 0) is 49.8 Å². The number of hydrogen-bond donors (Lipinski definition) is 0. The highest BCUT2D eigenvalue weighted by Gasteiger charge is 2.43. The molecule has 0 N–H and O–H groups in total. The highest BCUT2D eigenvalue weighted by molar-refractivity contribution is 6.21. The monoisotopic (exact) mass is 416 g/mol. The van der Waals surface area contributed by atoms with Crippen LogP contribution in [-0.4, -0.2) is 46.7 Å². The number of amides is 3. The van der Waals surface area contributed by atoms with Crippen LogP contribution in [0.15, 0.2) is 67.3 Å². The Morgan fingerprint density at radius 3 is 2.23 bits per heavy atom. The third kappa shape index (κ3) is 4.31. The number of likely N-dealkylation sites (tertiary alicyclic amines) is 1. The number of rotatable bonds is 9. The van der Waals surface area contributed by atoms with E-state index in [1.54, 1.807) is 24.3 Å². The van der Waals surface area contributed by atoms with E-state index in [9.17, 15) is 14.4 Å². The second-order valence-corrected chi connectivity index (χ2v) is 8.34. The van der Waals surface area contributed by atoms with Gasteiger partial charge in [-0.15, -0.1) is 6.58 Å². The number of nitrogens with zero attached hydrogens (tertiary/aromatic N) is 2. The molecule has 2 aliphatic heterocycles. The van der Waals surface area contributed by atoms with Crippen LogP contribution in [0, 0.1) is 5.92 Å². The van der Waals surface area contributed by atoms with Crippen LogP contribution in [0.2, 0.25) is 0 Å². The van der Waals surface area contributed by atoms with Gasteiger partial charge in [0.25, 0.3) is 11.8 Å². The Labute approximate surface area is 183 Å². The van der Waals surface area contributed by atoms with E-state index in [2.05, 4.69) is 18.7 Å². The first kappa shape index (κ1) is 21.0. The van der Waals surface area contributed by atoms with Gasteiger partial charge < -0.3 is 4.90 Å². The van der Waals surface area contributed by atoms with Gasteiger partial charge >= 0.3 is 0 Å². The van der Waals surface area contributed by atoms with Crippen LogP contribution in [0.1, 0.15) is 52.0 Å². The molecule has 2 aromatic carbocycles. The van der Waals surface area contributed by atoms with Crippen molar-refractivity contribution >= 4 is 17.7 Å². The van der Waals surface area contributed by atoms with Crippen LogP contribution >= 0.6 is 0 Å². The van der Waals surface area contributed by atoms with Gasteiger partial charge in [-0.2, -0.15) is 0 Å². The molecule has 0 radical (unpaired) electrons. The number of benzene rings is 2. The van der Waals surface area contributed by atoms with Crippen LogP contribution in [-0.2, 0) is 11.2 Å². The van der Waals surface area contributed by atoms with Crippen molar-refractivity contribution in [1.82, 2.24) is 9.80 Å². The summed E-state index contributed by atoms with van der Waals surface area (Å²) >= 11 is 0. The lowest BCUT2D eigenvalue weighted by Crippen LogP contribution is -2.44. The quantitative estimate of drug-likeness (QED) is 0.457. The molecule has 2 atom stereocenters. The molecule has 2 heterocycles. The minimum Gasteiger partial charge on any atom is -0.338 e. The van der Waals surface area contributed by atoms with E-state index in [4.69, 9.17) is 0 Å². The fraction of sp³-hybridized carbons (Fsp3) is 0.346. The van der Waals surface area contributed by atoms with Crippen LogP contribution in [0.3, 0.4) is 0 Å². The second kappa shape index (κ2) is 9.29. The number of carbonyl (C=O) groups is 3. The van der Waals surface area contributed by atoms with Crippen molar-refractivity contribution in [2.24, 2.45) is 5.92 Å². The molecular formula is C26H28N2O3. The summed E-state index contributed by atoms with van der Waals surface area (Å²) in [6, 6.07) is 17.0. The molecule has 5 heteroatoms. The molecule has 0 bridgehead atoms. The molecule has 4 rings (SSSR count). The third-order valence-electron chi connectivity index (χ3n) is 6.33. The van der Waals surface area contributed by atoms with Crippen molar-refractivity contribution in [2.45, 2.75) is 38.1 Å². The summed E-state index contributed by atoms with van der Waals surface area (Å²) in [5.41, 5.74) is 2.15. The standard InChI is InChI=1S/C26H28N2O3/c1-2-3-13-20-17-21(18-28-25(30)22-14-7-8-15-23(22)26(28)31)27(24(20)29)16-9-12-19-10-5-4-6-11-19/h2,4-8,10-11,14-15,20-21H,1,3,9,12-13,16-18H2/t20-,21+/m1/s1. The highest BCUT2D eigenvalue weighted by Crippen LogP contribution is 2.31. The molecule has 5 nitrogen and oxygen atoms in total. The predicted octanol–water partition coefficient (Wildman–Crippen LogP) is 4.10. The minimum absolute atomic E-state index is 0.0742. The van der Waals surface area contributed by atoms with Crippen molar-refractivity contribution in [3.05, 3.63) is 83.9 Å². The average molecular weight is 417 g/mol. The summed E-state index contributed by atoms with van der Waals surface area (Å²) in [5.74, 6) is -0.454. The van der Waals surface area contributed by atoms with E-state index in [0.29, 0.717) is 24.1 Å². The smallest absolute Gasteiger partial charge is 0.261 e. The molecular weight excluding hydrogens is 388 g/mol. The van der Waals surface area contributed by atoms with Gasteiger partial charge in [0, 0.05) is 19.0 Å². The molecule has 0 saturated carbocycles. The summed E-state index contributed by atoms with van der Waals surface area (Å²) in [6.07, 6.45) is 5.80. The highest BCUT2D eigenvalue weighted by atomic mass is 16.2. The molecule has 2 aromatic rings. The van der Waals surface area contributed by atoms with Crippen LogP contribution < -0.4 is 0 Å². The lowest BCUT2D eigenvalue weighted by atomic mass is 9.99. The average Bonchev–Trinajstić information content (AvgIpc) is 3.22. The number of aryl methyl sites for hydroxylation is 1. The summed E-state index contributed by atoms with van der Waals surface area (Å²) in [5, 5.41) is 0. The van der Waals surface area contributed by atoms with Gasteiger partial charge in [-0.25, -0.2) is 0 Å². The number of fused-ring (bicyclic) bond motifs is 1. The molecule has 0 unspecified atom stereocenters. The topological polar surface area (TPSA) is 57.7 Å². The first-order valence-electron chi connectivity index (χ1n) is 11.0. The molecule has 160 valence electrons. The zero-order chi connectivity index (χ0) is 21.8. The Morgan fingerprint density at radius 1 is 0.935 bits per heavy atom. The largest absolute Gasteiger partial charge is 0.338 e. The van der Waals surface area contributed by atoms with E-state index in [1.165, 1.54) is 10.5 Å². The fourth-order valence-corrected chi connectivity index (χ4v) is 4.71. The molecule has 0 aromatic heterocycles. The molecule has 0 aliphatic carbocycles. The summed E-state index contributed by atoms with van der Waals surface area (Å²) in [6.45, 7) is 4.66. The Balaban J connectivity index is 1.46. The van der Waals surface area contributed by atoms with E-state index in [0.717, 1.165) is 25.7 Å². The van der Waals surface area contributed by atoms with Gasteiger partial charge in [-0.3, -0.25) is 19.3 Å². The lowest BCUT2D eigenvalue weighted by Gasteiger charge is -2.28. The normalized spacial score (nSPS) is 20.5. The number of allylic oxidation sites excluding steroid dienone is 1. The molecule has 2 aliphatic rings. The maximum atomic E-state index is 13.1. The zero-order valence-corrected chi connectivity index (χ0v) is 17.7. The first-order valence-corrected chi connectivity index (χ1v) is 11.0. The lowest BCUT2D eigenvalue weighted by molar-refractivity contribution is -0.132. The fourth-order valence-electron chi connectivity index (χ4n) is 4.71. The van der Waals surface area contributed by atoms with Gasteiger partial charge in [0.05, 0.1) is 17.2 Å². The number of imide groups is 1. The third-order valence-corrected chi connectivity index (χ3v) is 6.33. The number of carbonyl (C=O) groups excluding carboxylic acids is 3. The van der Waals surface area contributed by atoms with Crippen molar-refractivity contribution in [1.29, 1.82) is 0 Å². The van der Waals surface area contributed by atoms with Crippen molar-refractivity contribution in [3.63, 3.8) is 0 Å². The summed E-state index contributed by atoms with van der Waals surface area (Å²) < 4.78 is 0. The molecule has 3 amide bonds. The molecule has 1 saturated heterocycles. The minimum atomic E-state index is -0.258. The van der Waals surface area contributed by atoms with Gasteiger partial charge in [0.2, 0.25) is 5.91 Å². The van der Waals surface area contributed by atoms with E-state index >= 15 is 0 Å². The van der Waals surface area contributed by atoms with E-state index < -0.39 is 0 Å². The van der Waals surface area contributed by atoms with E-state index in [-0.39, 0.29) is 36.2 Å². The van der Waals surface area contributed by atoms with Crippen molar-refractivity contribution in [2.75, 3.05) is 13.1 Å². The van der Waals surface area contributed by atoms with Crippen LogP contribution in [0.4, 0.5) is 0 Å². The zero-order valence-electron chi connectivity index (χ0n) is 17.7. The van der Waals surface area contributed by atoms with Gasteiger partial charge in [0.15, 0.2) is 0 Å². The molecule has 31 heavy (non-hydrogen) atoms. The Hall–Kier alpha value is -3.21. The van der Waals surface area contributed by atoms with Crippen molar-refractivity contribution in [3.8, 4) is 0 Å². The van der Waals surface area contributed by atoms with Gasteiger partial charge in [-0.1, -0.05) is 48.5 Å². The number of hydrogen-bond acceptors (Lipinski definition) is 3. The second-order valence-electron chi connectivity index (χ2n) is 8.34. The Bertz CT molecular complexity index is 950. The van der Waals surface area contributed by atoms with Crippen LogP contribution in [0.5, 0.6) is 0 Å². The summed E-state index contributed by atoms with van der Waals surface area (Å²) in [7, 11) is 0. The Morgan fingerprint density at radius 2 is 1.58 bits per heavy atom. The van der Waals surface area contributed by atoms with Crippen molar-refractivity contribution < 1.29 is 14.4 Å². The Kier molecular flexibility index (Phi) is 6.31. The molecule has 0 spiro atoms. The molecule has 1 fully saturated rings. The predicted molar refractivity (Wildman–Crippen MR) is 120 cm³/mol. The van der Waals surface area contributed by atoms with E-state index in [1.807, 2.05) is 29.2 Å². The maximum Gasteiger partial charge on any atom is 0.261 e. The van der Waals surface area contributed by atoms with Crippen LogP contribution in [0.25, 0.3) is 0 Å². The van der Waals surface area contributed by atoms with Gasteiger partial charge in [0.1, 0.15) is 0 Å². The first-order chi connectivity index (χ1) is 15.1. The summed E-state index contributed by atoms with van der Waals surface area (Å²) in [4.78, 5) is 42.0. The maximum absolute atomic E-state index is 13.1.